The van der Waals surface area contributed by atoms with E-state index in [4.69, 9.17) is 0 Å². The van der Waals surface area contributed by atoms with E-state index < -0.39 is 29.3 Å². The molecule has 3 aromatic rings. The van der Waals surface area contributed by atoms with Gasteiger partial charge in [0.2, 0.25) is 0 Å². The highest BCUT2D eigenvalue weighted by molar-refractivity contribution is 5.96. The summed E-state index contributed by atoms with van der Waals surface area (Å²) in [6, 6.07) is 9.35. The summed E-state index contributed by atoms with van der Waals surface area (Å²) in [7, 11) is 0. The highest BCUT2D eigenvalue weighted by Crippen LogP contribution is 2.32. The van der Waals surface area contributed by atoms with Gasteiger partial charge in [0, 0.05) is 6.20 Å². The van der Waals surface area contributed by atoms with E-state index in [0.29, 0.717) is 11.5 Å². The molecule has 1 atom stereocenters. The van der Waals surface area contributed by atoms with Crippen molar-refractivity contribution in [2.24, 2.45) is 0 Å². The van der Waals surface area contributed by atoms with Gasteiger partial charge in [0.25, 0.3) is 5.91 Å². The zero-order valence-electron chi connectivity index (χ0n) is 12.6. The van der Waals surface area contributed by atoms with Crippen molar-refractivity contribution in [3.8, 4) is 0 Å². The van der Waals surface area contributed by atoms with Crippen LogP contribution >= 0.6 is 0 Å². The van der Waals surface area contributed by atoms with Crippen molar-refractivity contribution < 1.29 is 18.0 Å². The van der Waals surface area contributed by atoms with Crippen LogP contribution in [0.25, 0.3) is 5.65 Å². The summed E-state index contributed by atoms with van der Waals surface area (Å²) >= 11 is 0. The number of nitrogens with one attached hydrogen (secondary N) is 1. The average Bonchev–Trinajstić information content (AvgIpc) is 2.98. The number of carbonyl (C=O) groups is 1. The Morgan fingerprint density at radius 1 is 1.12 bits per heavy atom. The molecule has 8 heteroatoms. The normalized spacial score (nSPS) is 13.0. The van der Waals surface area contributed by atoms with Gasteiger partial charge in [0.1, 0.15) is 0 Å². The van der Waals surface area contributed by atoms with Gasteiger partial charge in [-0.1, -0.05) is 18.2 Å². The molecule has 1 amide bonds. The van der Waals surface area contributed by atoms with Crippen LogP contribution in [-0.2, 0) is 6.18 Å². The lowest BCUT2D eigenvalue weighted by atomic mass is 10.1. The number of carbonyl (C=O) groups excluding carboxylic acids is 1. The lowest BCUT2D eigenvalue weighted by molar-refractivity contribution is -0.137. The van der Waals surface area contributed by atoms with Gasteiger partial charge in [-0.2, -0.15) is 13.2 Å². The molecular formula is C16H13F3N4O. The first-order valence-electron chi connectivity index (χ1n) is 7.14. The van der Waals surface area contributed by atoms with Crippen LogP contribution in [0.4, 0.5) is 13.2 Å². The molecule has 0 fully saturated rings. The molecule has 1 N–H and O–H groups in total. The van der Waals surface area contributed by atoms with E-state index in [1.54, 1.807) is 35.7 Å². The first kappa shape index (κ1) is 16.0. The molecule has 0 aliphatic rings. The third-order valence-electron chi connectivity index (χ3n) is 3.55. The van der Waals surface area contributed by atoms with Crippen LogP contribution in [0.5, 0.6) is 0 Å². The zero-order valence-corrected chi connectivity index (χ0v) is 12.6. The average molecular weight is 334 g/mol. The molecule has 24 heavy (non-hydrogen) atoms. The second-order valence-corrected chi connectivity index (χ2v) is 5.23. The number of benzene rings is 1. The Kier molecular flexibility index (Phi) is 3.96. The molecule has 5 nitrogen and oxygen atoms in total. The van der Waals surface area contributed by atoms with Crippen molar-refractivity contribution in [1.82, 2.24) is 19.9 Å². The van der Waals surface area contributed by atoms with E-state index in [1.165, 1.54) is 12.1 Å². The molecule has 1 unspecified atom stereocenters. The molecule has 0 bridgehead atoms. The summed E-state index contributed by atoms with van der Waals surface area (Å²) in [6.07, 6.45) is -2.88. The number of amides is 1. The lowest BCUT2D eigenvalue weighted by Crippen LogP contribution is -2.29. The van der Waals surface area contributed by atoms with E-state index in [-0.39, 0.29) is 0 Å². The highest BCUT2D eigenvalue weighted by Gasteiger charge is 2.35. The van der Waals surface area contributed by atoms with E-state index in [1.807, 2.05) is 0 Å². The summed E-state index contributed by atoms with van der Waals surface area (Å²) in [5.41, 5.74) is -0.809. The van der Waals surface area contributed by atoms with Crippen molar-refractivity contribution in [3.05, 3.63) is 65.6 Å². The van der Waals surface area contributed by atoms with Gasteiger partial charge in [-0.05, 0) is 31.2 Å². The fourth-order valence-electron chi connectivity index (χ4n) is 2.42. The number of nitrogens with zero attached hydrogens (tertiary/aromatic N) is 3. The third-order valence-corrected chi connectivity index (χ3v) is 3.55. The summed E-state index contributed by atoms with van der Waals surface area (Å²) in [6.45, 7) is 1.64. The molecular weight excluding hydrogens is 321 g/mol. The van der Waals surface area contributed by atoms with Crippen LogP contribution in [0.3, 0.4) is 0 Å². The molecule has 0 saturated carbocycles. The SMILES string of the molecule is CC(NC(=O)c1ccccc1C(F)(F)F)c1nnc2ccccn12. The third kappa shape index (κ3) is 2.94. The van der Waals surface area contributed by atoms with E-state index >= 15 is 0 Å². The number of alkyl halides is 3. The maximum Gasteiger partial charge on any atom is 0.417 e. The number of hydrogen-bond acceptors (Lipinski definition) is 3. The Labute approximate surface area is 135 Å². The summed E-state index contributed by atoms with van der Waals surface area (Å²) < 4.78 is 40.7. The number of fused-ring (bicyclic) bond motifs is 1. The van der Waals surface area contributed by atoms with Crippen LogP contribution < -0.4 is 5.32 Å². The molecule has 2 heterocycles. The summed E-state index contributed by atoms with van der Waals surface area (Å²) in [4.78, 5) is 12.3. The molecule has 0 aliphatic heterocycles. The van der Waals surface area contributed by atoms with Gasteiger partial charge < -0.3 is 5.32 Å². The van der Waals surface area contributed by atoms with Crippen LogP contribution in [0, 0.1) is 0 Å². The first-order valence-corrected chi connectivity index (χ1v) is 7.14. The number of aromatic nitrogens is 3. The molecule has 0 radical (unpaired) electrons. The highest BCUT2D eigenvalue weighted by atomic mass is 19.4. The van der Waals surface area contributed by atoms with Gasteiger partial charge in [-0.3, -0.25) is 9.20 Å². The van der Waals surface area contributed by atoms with Gasteiger partial charge in [-0.15, -0.1) is 10.2 Å². The predicted octanol–water partition coefficient (Wildman–Crippen LogP) is 3.24. The van der Waals surface area contributed by atoms with Crippen LogP contribution in [0.1, 0.15) is 34.7 Å². The number of rotatable bonds is 3. The van der Waals surface area contributed by atoms with Gasteiger partial charge in [0.15, 0.2) is 11.5 Å². The van der Waals surface area contributed by atoms with Crippen LogP contribution in [0.2, 0.25) is 0 Å². The second kappa shape index (κ2) is 5.95. The molecule has 0 spiro atoms. The van der Waals surface area contributed by atoms with Crippen LogP contribution in [0.15, 0.2) is 48.7 Å². The Morgan fingerprint density at radius 2 is 1.83 bits per heavy atom. The number of halogens is 3. The molecule has 0 saturated heterocycles. The Morgan fingerprint density at radius 3 is 2.58 bits per heavy atom. The Hall–Kier alpha value is -2.90. The first-order chi connectivity index (χ1) is 11.4. The van der Waals surface area contributed by atoms with Gasteiger partial charge in [-0.25, -0.2) is 0 Å². The van der Waals surface area contributed by atoms with Gasteiger partial charge >= 0.3 is 6.18 Å². The van der Waals surface area contributed by atoms with Crippen molar-refractivity contribution in [3.63, 3.8) is 0 Å². The molecule has 124 valence electrons. The smallest absolute Gasteiger partial charge is 0.342 e. The molecule has 1 aromatic carbocycles. The van der Waals surface area contributed by atoms with Gasteiger partial charge in [0.05, 0.1) is 17.2 Å². The number of pyridine rings is 1. The predicted molar refractivity (Wildman–Crippen MR) is 80.3 cm³/mol. The minimum atomic E-state index is -4.60. The number of hydrogen-bond donors (Lipinski definition) is 1. The maximum atomic E-state index is 13.0. The molecule has 2 aromatic heterocycles. The van der Waals surface area contributed by atoms with Crippen LogP contribution in [-0.4, -0.2) is 20.5 Å². The summed E-state index contributed by atoms with van der Waals surface area (Å²) in [5.74, 6) is -0.383. The zero-order chi connectivity index (χ0) is 17.3. The van der Waals surface area contributed by atoms with E-state index in [9.17, 15) is 18.0 Å². The maximum absolute atomic E-state index is 13.0. The van der Waals surface area contributed by atoms with E-state index in [0.717, 1.165) is 12.1 Å². The molecule has 0 aliphatic carbocycles. The van der Waals surface area contributed by atoms with Crippen molar-refractivity contribution in [1.29, 1.82) is 0 Å². The second-order valence-electron chi connectivity index (χ2n) is 5.23. The van der Waals surface area contributed by atoms with Crippen molar-refractivity contribution in [2.45, 2.75) is 19.1 Å². The summed E-state index contributed by atoms with van der Waals surface area (Å²) in [5, 5.41) is 10.5. The fourth-order valence-corrected chi connectivity index (χ4v) is 2.42. The lowest BCUT2D eigenvalue weighted by Gasteiger charge is -2.15. The Balaban J connectivity index is 1.88. The van der Waals surface area contributed by atoms with E-state index in [2.05, 4.69) is 15.5 Å². The minimum absolute atomic E-state index is 0.425. The monoisotopic (exact) mass is 334 g/mol. The molecule has 3 rings (SSSR count). The standard InChI is InChI=1S/C16H13F3N4O/c1-10(14-22-21-13-8-4-5-9-23(13)14)20-15(24)11-6-2-3-7-12(11)16(17,18)19/h2-10H,1H3,(H,20,24). The Bertz CT molecular complexity index is 888. The van der Waals surface area contributed by atoms with Crippen molar-refractivity contribution >= 4 is 11.6 Å². The topological polar surface area (TPSA) is 59.3 Å². The fraction of sp³-hybridized carbons (Fsp3) is 0.188. The largest absolute Gasteiger partial charge is 0.417 e. The minimum Gasteiger partial charge on any atom is -0.342 e. The quantitative estimate of drug-likeness (QED) is 0.800. The van der Waals surface area contributed by atoms with Crippen molar-refractivity contribution in [2.75, 3.05) is 0 Å².